The highest BCUT2D eigenvalue weighted by atomic mass is 32.1. The average Bonchev–Trinajstić information content (AvgIpc) is 3.47. The van der Waals surface area contributed by atoms with Crippen molar-refractivity contribution in [1.29, 1.82) is 0 Å². The molecule has 6 nitrogen and oxygen atoms in total. The highest BCUT2D eigenvalue weighted by Crippen LogP contribution is 2.26. The first-order valence-electron chi connectivity index (χ1n) is 12.4. The number of anilines is 1. The summed E-state index contributed by atoms with van der Waals surface area (Å²) in [5.41, 5.74) is 6.04. The van der Waals surface area contributed by atoms with Crippen molar-refractivity contribution in [3.05, 3.63) is 81.2 Å². The molecule has 36 heavy (non-hydrogen) atoms. The smallest absolute Gasteiger partial charge is 0.229 e. The number of morpholine rings is 1. The summed E-state index contributed by atoms with van der Waals surface area (Å²) < 4.78 is 5.87. The van der Waals surface area contributed by atoms with Crippen LogP contribution in [-0.4, -0.2) is 46.3 Å². The lowest BCUT2D eigenvalue weighted by atomic mass is 10.1. The number of amides is 1. The Morgan fingerprint density at radius 2 is 2.00 bits per heavy atom. The fraction of sp³-hybridized carbons (Fsp3) is 0.310. The van der Waals surface area contributed by atoms with E-state index in [1.807, 2.05) is 42.6 Å². The second-order valence-corrected chi connectivity index (χ2v) is 10.7. The highest BCUT2D eigenvalue weighted by Gasteiger charge is 2.22. The summed E-state index contributed by atoms with van der Waals surface area (Å²) in [6.45, 7) is 9.09. The summed E-state index contributed by atoms with van der Waals surface area (Å²) >= 11 is 1.59. The second kappa shape index (κ2) is 10.8. The number of hydrogen-bond acceptors (Lipinski definition) is 5. The van der Waals surface area contributed by atoms with Gasteiger partial charge in [-0.05, 0) is 67.1 Å². The van der Waals surface area contributed by atoms with Gasteiger partial charge in [-0.1, -0.05) is 36.4 Å². The molecule has 2 atom stereocenters. The number of nitrogens with zero attached hydrogens (tertiary/aromatic N) is 2. The van der Waals surface area contributed by atoms with Gasteiger partial charge in [-0.25, -0.2) is 0 Å². The van der Waals surface area contributed by atoms with Crippen LogP contribution < -0.4 is 5.32 Å². The third-order valence-corrected chi connectivity index (χ3v) is 7.29. The van der Waals surface area contributed by atoms with Gasteiger partial charge in [-0.2, -0.15) is 5.10 Å². The Labute approximate surface area is 216 Å². The van der Waals surface area contributed by atoms with E-state index in [9.17, 15) is 4.79 Å². The number of benzene rings is 2. The van der Waals surface area contributed by atoms with Crippen LogP contribution in [0.1, 0.15) is 41.1 Å². The molecule has 2 N–H and O–H groups in total. The number of aryl methyl sites for hydroxylation is 1. The maximum Gasteiger partial charge on any atom is 0.229 e. The van der Waals surface area contributed by atoms with Gasteiger partial charge >= 0.3 is 0 Å². The highest BCUT2D eigenvalue weighted by molar-refractivity contribution is 7.10. The van der Waals surface area contributed by atoms with Crippen molar-refractivity contribution in [2.24, 2.45) is 0 Å². The number of rotatable bonds is 7. The Balaban J connectivity index is 1.31. The van der Waals surface area contributed by atoms with Gasteiger partial charge in [0.05, 0.1) is 29.8 Å². The first-order chi connectivity index (χ1) is 17.4. The van der Waals surface area contributed by atoms with E-state index < -0.39 is 0 Å². The molecule has 0 spiro atoms. The van der Waals surface area contributed by atoms with Crippen LogP contribution in [0.15, 0.2) is 53.9 Å². The van der Waals surface area contributed by atoms with E-state index in [1.54, 1.807) is 11.3 Å². The molecular formula is C29H32N4O2S. The summed E-state index contributed by atoms with van der Waals surface area (Å²) in [7, 11) is 0. The first-order valence-corrected chi connectivity index (χ1v) is 13.3. The number of aromatic amines is 1. The molecule has 0 bridgehead atoms. The molecule has 1 saturated heterocycles. The zero-order valence-corrected chi connectivity index (χ0v) is 21.8. The number of H-pyrrole nitrogens is 1. The Kier molecular flexibility index (Phi) is 7.32. The van der Waals surface area contributed by atoms with E-state index in [4.69, 9.17) is 4.74 Å². The molecule has 5 rings (SSSR count). The lowest BCUT2D eigenvalue weighted by Crippen LogP contribution is -2.44. The Bertz CT molecular complexity index is 1370. The molecule has 1 amide bonds. The van der Waals surface area contributed by atoms with Gasteiger partial charge < -0.3 is 10.1 Å². The fourth-order valence-corrected chi connectivity index (χ4v) is 5.57. The van der Waals surface area contributed by atoms with Crippen LogP contribution in [-0.2, 0) is 22.5 Å². The molecule has 4 aromatic rings. The van der Waals surface area contributed by atoms with Gasteiger partial charge in [-0.3, -0.25) is 14.8 Å². The molecule has 2 unspecified atom stereocenters. The Morgan fingerprint density at radius 3 is 2.78 bits per heavy atom. The van der Waals surface area contributed by atoms with Crippen molar-refractivity contribution in [1.82, 2.24) is 15.1 Å². The lowest BCUT2D eigenvalue weighted by Gasteiger charge is -2.35. The van der Waals surface area contributed by atoms with E-state index in [1.165, 1.54) is 5.56 Å². The van der Waals surface area contributed by atoms with Gasteiger partial charge in [0.25, 0.3) is 0 Å². The van der Waals surface area contributed by atoms with Crippen molar-refractivity contribution < 1.29 is 9.53 Å². The van der Waals surface area contributed by atoms with E-state index in [0.29, 0.717) is 6.42 Å². The SMILES string of the molecule is Cc1cc2[nH]nc(C=Cc3cccc(CN4CC(C)OC(C)C4)c3)c2cc1NC(=O)Cc1cccs1. The maximum atomic E-state index is 12.6. The van der Waals surface area contributed by atoms with E-state index >= 15 is 0 Å². The molecule has 186 valence electrons. The standard InChI is InChI=1S/C29H32N4O2S/c1-19-12-28-25(15-27(19)30-29(34)14-24-8-5-11-36-24)26(31-32-28)10-9-22-6-4-7-23(13-22)18-33-16-20(2)35-21(3)17-33/h4-13,15,20-21H,14,16-18H2,1-3H3,(H,30,34)(H,31,32). The molecule has 2 aromatic carbocycles. The minimum Gasteiger partial charge on any atom is -0.373 e. The van der Waals surface area contributed by atoms with Crippen molar-refractivity contribution in [2.75, 3.05) is 18.4 Å². The van der Waals surface area contributed by atoms with E-state index in [0.717, 1.165) is 57.9 Å². The average molecular weight is 501 g/mol. The van der Waals surface area contributed by atoms with Crippen molar-refractivity contribution in [3.8, 4) is 0 Å². The van der Waals surface area contributed by atoms with Crippen LogP contribution in [0.3, 0.4) is 0 Å². The van der Waals surface area contributed by atoms with Crippen LogP contribution >= 0.6 is 11.3 Å². The summed E-state index contributed by atoms with van der Waals surface area (Å²) in [6, 6.07) is 16.6. The minimum atomic E-state index is -0.0126. The monoisotopic (exact) mass is 500 g/mol. The van der Waals surface area contributed by atoms with Gasteiger partial charge in [0, 0.05) is 35.6 Å². The van der Waals surface area contributed by atoms with Crippen molar-refractivity contribution >= 4 is 46.0 Å². The van der Waals surface area contributed by atoms with Crippen LogP contribution in [0.5, 0.6) is 0 Å². The largest absolute Gasteiger partial charge is 0.373 e. The number of nitrogens with one attached hydrogen (secondary N) is 2. The summed E-state index contributed by atoms with van der Waals surface area (Å²) in [5.74, 6) is -0.0126. The topological polar surface area (TPSA) is 70.2 Å². The molecule has 0 saturated carbocycles. The zero-order chi connectivity index (χ0) is 25.1. The van der Waals surface area contributed by atoms with E-state index in [2.05, 4.69) is 64.6 Å². The summed E-state index contributed by atoms with van der Waals surface area (Å²) in [6.07, 6.45) is 5.03. The van der Waals surface area contributed by atoms with Crippen molar-refractivity contribution in [3.63, 3.8) is 0 Å². The quantitative estimate of drug-likeness (QED) is 0.332. The molecule has 2 aromatic heterocycles. The predicted octanol–water partition coefficient (Wildman–Crippen LogP) is 5.89. The molecule has 7 heteroatoms. The third-order valence-electron chi connectivity index (χ3n) is 6.41. The lowest BCUT2D eigenvalue weighted by molar-refractivity contribution is -0.115. The molecule has 1 aliphatic rings. The number of hydrogen-bond donors (Lipinski definition) is 2. The molecule has 0 radical (unpaired) electrons. The van der Waals surface area contributed by atoms with Crippen molar-refractivity contribution in [2.45, 2.75) is 45.9 Å². The maximum absolute atomic E-state index is 12.6. The summed E-state index contributed by atoms with van der Waals surface area (Å²) in [4.78, 5) is 16.1. The van der Waals surface area contributed by atoms with Gasteiger partial charge in [0.1, 0.15) is 0 Å². The predicted molar refractivity (Wildman–Crippen MR) is 148 cm³/mol. The fourth-order valence-electron chi connectivity index (χ4n) is 4.86. The normalized spacial score (nSPS) is 18.8. The molecule has 0 aliphatic carbocycles. The zero-order valence-electron chi connectivity index (χ0n) is 21.0. The third kappa shape index (κ3) is 5.93. The second-order valence-electron chi connectivity index (χ2n) is 9.66. The molecule has 3 heterocycles. The number of ether oxygens (including phenoxy) is 1. The molecule has 1 fully saturated rings. The molecular weight excluding hydrogens is 468 g/mol. The minimum absolute atomic E-state index is 0.0126. The Hall–Kier alpha value is -3.26. The first kappa shape index (κ1) is 24.4. The number of fused-ring (bicyclic) bond motifs is 1. The summed E-state index contributed by atoms with van der Waals surface area (Å²) in [5, 5.41) is 13.7. The van der Waals surface area contributed by atoms with Crippen LogP contribution in [0, 0.1) is 6.92 Å². The molecule has 1 aliphatic heterocycles. The van der Waals surface area contributed by atoms with E-state index in [-0.39, 0.29) is 18.1 Å². The number of aromatic nitrogens is 2. The van der Waals surface area contributed by atoms with Gasteiger partial charge in [0.2, 0.25) is 5.91 Å². The Morgan fingerprint density at radius 1 is 1.17 bits per heavy atom. The van der Waals surface area contributed by atoms with Crippen LogP contribution in [0.25, 0.3) is 23.1 Å². The van der Waals surface area contributed by atoms with Crippen LogP contribution in [0.4, 0.5) is 5.69 Å². The number of carbonyl (C=O) groups is 1. The van der Waals surface area contributed by atoms with Gasteiger partial charge in [0.15, 0.2) is 0 Å². The number of thiophene rings is 1. The number of carbonyl (C=O) groups excluding carboxylic acids is 1. The van der Waals surface area contributed by atoms with Gasteiger partial charge in [-0.15, -0.1) is 11.3 Å². The van der Waals surface area contributed by atoms with Crippen LogP contribution in [0.2, 0.25) is 0 Å².